The van der Waals surface area contributed by atoms with Crippen LogP contribution in [0, 0.1) is 12.8 Å². The van der Waals surface area contributed by atoms with E-state index < -0.39 is 5.92 Å². The number of nitrogens with one attached hydrogen (secondary N) is 1. The molecule has 2 aromatic rings. The molecule has 0 bridgehead atoms. The molecule has 1 heterocycles. The summed E-state index contributed by atoms with van der Waals surface area (Å²) < 4.78 is 5.61. The van der Waals surface area contributed by atoms with Gasteiger partial charge in [0.05, 0.1) is 18.2 Å². The molecule has 1 aliphatic rings. The molecule has 3 N–H and O–H groups in total. The number of rotatable bonds is 5. The van der Waals surface area contributed by atoms with Crippen molar-refractivity contribution < 1.29 is 14.3 Å². The van der Waals surface area contributed by atoms with E-state index in [0.717, 1.165) is 5.56 Å². The lowest BCUT2D eigenvalue weighted by molar-refractivity contribution is -0.122. The SMILES string of the molecule is CCOc1ccccc1N1CC(C(=O)Nc2cc(N)ccc2C)CC1=O. The first-order chi connectivity index (χ1) is 12.5. The maximum absolute atomic E-state index is 12.6. The van der Waals surface area contributed by atoms with Crippen LogP contribution in [0.5, 0.6) is 5.75 Å². The van der Waals surface area contributed by atoms with Crippen molar-refractivity contribution in [2.24, 2.45) is 5.92 Å². The predicted octanol–water partition coefficient (Wildman–Crippen LogP) is 2.97. The number of hydrogen-bond donors (Lipinski definition) is 2. The fourth-order valence-electron chi connectivity index (χ4n) is 3.08. The van der Waals surface area contributed by atoms with E-state index in [2.05, 4.69) is 5.32 Å². The minimum absolute atomic E-state index is 0.0819. The first-order valence-corrected chi connectivity index (χ1v) is 8.68. The van der Waals surface area contributed by atoms with Gasteiger partial charge in [-0.25, -0.2) is 0 Å². The zero-order valence-electron chi connectivity index (χ0n) is 15.0. The highest BCUT2D eigenvalue weighted by molar-refractivity contribution is 6.04. The first-order valence-electron chi connectivity index (χ1n) is 8.68. The first kappa shape index (κ1) is 17.8. The average Bonchev–Trinajstić information content (AvgIpc) is 3.01. The molecular formula is C20H23N3O3. The van der Waals surface area contributed by atoms with Gasteiger partial charge in [-0.3, -0.25) is 9.59 Å². The molecule has 136 valence electrons. The number of ether oxygens (including phenoxy) is 1. The number of carbonyl (C=O) groups is 2. The number of amides is 2. The Hall–Kier alpha value is -3.02. The lowest BCUT2D eigenvalue weighted by Crippen LogP contribution is -2.28. The van der Waals surface area contributed by atoms with Gasteiger partial charge in [0.25, 0.3) is 0 Å². The molecule has 3 rings (SSSR count). The largest absolute Gasteiger partial charge is 0.492 e. The Morgan fingerprint density at radius 1 is 1.31 bits per heavy atom. The number of hydrogen-bond acceptors (Lipinski definition) is 4. The standard InChI is InChI=1S/C20H23N3O3/c1-3-26-18-7-5-4-6-17(18)23-12-14(10-19(23)24)20(25)22-16-11-15(21)9-8-13(16)2/h4-9,11,14H,3,10,12,21H2,1-2H3,(H,22,25). The second-order valence-electron chi connectivity index (χ2n) is 6.37. The second kappa shape index (κ2) is 7.47. The fourth-order valence-corrected chi connectivity index (χ4v) is 3.08. The summed E-state index contributed by atoms with van der Waals surface area (Å²) in [7, 11) is 0. The van der Waals surface area contributed by atoms with Crippen LogP contribution >= 0.6 is 0 Å². The van der Waals surface area contributed by atoms with Crippen molar-refractivity contribution in [2.75, 3.05) is 29.1 Å². The Balaban J connectivity index is 1.75. The molecule has 1 aliphatic heterocycles. The third-order valence-corrected chi connectivity index (χ3v) is 4.47. The topological polar surface area (TPSA) is 84.7 Å². The summed E-state index contributed by atoms with van der Waals surface area (Å²) in [6, 6.07) is 12.8. The molecule has 0 aliphatic carbocycles. The molecule has 0 aromatic heterocycles. The van der Waals surface area contributed by atoms with Crippen molar-refractivity contribution in [2.45, 2.75) is 20.3 Å². The van der Waals surface area contributed by atoms with Gasteiger partial charge in [0.2, 0.25) is 11.8 Å². The summed E-state index contributed by atoms with van der Waals surface area (Å²) in [4.78, 5) is 26.8. The molecule has 0 radical (unpaired) electrons. The summed E-state index contributed by atoms with van der Waals surface area (Å²) in [6.07, 6.45) is 0.174. The molecule has 1 unspecified atom stereocenters. The van der Waals surface area contributed by atoms with Crippen LogP contribution in [0.3, 0.4) is 0 Å². The molecule has 6 heteroatoms. The Bertz CT molecular complexity index is 835. The molecule has 1 atom stereocenters. The summed E-state index contributed by atoms with van der Waals surface area (Å²) in [6.45, 7) is 4.64. The second-order valence-corrected chi connectivity index (χ2v) is 6.37. The van der Waals surface area contributed by atoms with Gasteiger partial charge in [0.1, 0.15) is 5.75 Å². The lowest BCUT2D eigenvalue weighted by atomic mass is 10.1. The van der Waals surface area contributed by atoms with E-state index in [-0.39, 0.29) is 18.2 Å². The highest BCUT2D eigenvalue weighted by Gasteiger charge is 2.36. The summed E-state index contributed by atoms with van der Waals surface area (Å²) >= 11 is 0. The van der Waals surface area contributed by atoms with E-state index >= 15 is 0 Å². The van der Waals surface area contributed by atoms with E-state index in [9.17, 15) is 9.59 Å². The van der Waals surface area contributed by atoms with Gasteiger partial charge in [-0.15, -0.1) is 0 Å². The molecule has 2 amide bonds. The fraction of sp³-hybridized carbons (Fsp3) is 0.300. The van der Waals surface area contributed by atoms with Crippen LogP contribution in [-0.4, -0.2) is 25.0 Å². The zero-order valence-corrected chi connectivity index (χ0v) is 15.0. The van der Waals surface area contributed by atoms with Gasteiger partial charge in [-0.1, -0.05) is 18.2 Å². The van der Waals surface area contributed by atoms with Gasteiger partial charge in [0.15, 0.2) is 0 Å². The number of carbonyl (C=O) groups excluding carboxylic acids is 2. The molecule has 1 fully saturated rings. The Labute approximate surface area is 152 Å². The third kappa shape index (κ3) is 3.64. The van der Waals surface area contributed by atoms with Crippen LogP contribution in [0.4, 0.5) is 17.1 Å². The van der Waals surface area contributed by atoms with Crippen molar-refractivity contribution in [3.05, 3.63) is 48.0 Å². The molecule has 1 saturated heterocycles. The monoisotopic (exact) mass is 353 g/mol. The number of benzene rings is 2. The van der Waals surface area contributed by atoms with Gasteiger partial charge in [0, 0.05) is 24.3 Å². The zero-order chi connectivity index (χ0) is 18.7. The molecule has 0 saturated carbocycles. The number of nitrogens with zero attached hydrogens (tertiary/aromatic N) is 1. The van der Waals surface area contributed by atoms with Gasteiger partial charge in [-0.05, 0) is 43.7 Å². The van der Waals surface area contributed by atoms with Gasteiger partial charge in [-0.2, -0.15) is 0 Å². The molecule has 26 heavy (non-hydrogen) atoms. The molecular weight excluding hydrogens is 330 g/mol. The number of nitrogen functional groups attached to an aromatic ring is 1. The van der Waals surface area contributed by atoms with Crippen molar-refractivity contribution in [3.8, 4) is 5.75 Å². The van der Waals surface area contributed by atoms with Gasteiger partial charge < -0.3 is 20.7 Å². The van der Waals surface area contributed by atoms with Crippen molar-refractivity contribution in [3.63, 3.8) is 0 Å². The molecule has 0 spiro atoms. The maximum Gasteiger partial charge on any atom is 0.229 e. The Morgan fingerprint density at radius 2 is 2.08 bits per heavy atom. The van der Waals surface area contributed by atoms with Crippen molar-refractivity contribution in [1.29, 1.82) is 0 Å². The average molecular weight is 353 g/mol. The van der Waals surface area contributed by atoms with Crippen LogP contribution in [0.2, 0.25) is 0 Å². The van der Waals surface area contributed by atoms with Crippen molar-refractivity contribution >= 4 is 28.9 Å². The highest BCUT2D eigenvalue weighted by atomic mass is 16.5. The third-order valence-electron chi connectivity index (χ3n) is 4.47. The van der Waals surface area contributed by atoms with E-state index in [4.69, 9.17) is 10.5 Å². The van der Waals surface area contributed by atoms with Crippen LogP contribution in [0.1, 0.15) is 18.9 Å². The van der Waals surface area contributed by atoms with Crippen LogP contribution in [-0.2, 0) is 9.59 Å². The van der Waals surface area contributed by atoms with E-state index in [0.29, 0.717) is 36.0 Å². The van der Waals surface area contributed by atoms with Gasteiger partial charge >= 0.3 is 0 Å². The maximum atomic E-state index is 12.6. The minimum Gasteiger partial charge on any atom is -0.492 e. The van der Waals surface area contributed by atoms with Crippen LogP contribution < -0.4 is 20.7 Å². The smallest absolute Gasteiger partial charge is 0.229 e. The van der Waals surface area contributed by atoms with E-state index in [1.807, 2.05) is 44.2 Å². The summed E-state index contributed by atoms with van der Waals surface area (Å²) in [5, 5.41) is 2.90. The normalized spacial score (nSPS) is 16.6. The lowest BCUT2D eigenvalue weighted by Gasteiger charge is -2.20. The quantitative estimate of drug-likeness (QED) is 0.810. The summed E-state index contributed by atoms with van der Waals surface area (Å²) in [5.74, 6) is -0.0286. The number of aryl methyl sites for hydroxylation is 1. The van der Waals surface area contributed by atoms with Crippen molar-refractivity contribution in [1.82, 2.24) is 0 Å². The summed E-state index contributed by atoms with van der Waals surface area (Å²) in [5.41, 5.74) is 8.68. The molecule has 2 aromatic carbocycles. The van der Waals surface area contributed by atoms with E-state index in [1.54, 1.807) is 17.0 Å². The minimum atomic E-state index is -0.419. The van der Waals surface area contributed by atoms with E-state index in [1.165, 1.54) is 0 Å². The Morgan fingerprint density at radius 3 is 2.85 bits per heavy atom. The number of nitrogens with two attached hydrogens (primary N) is 1. The highest BCUT2D eigenvalue weighted by Crippen LogP contribution is 2.33. The molecule has 6 nitrogen and oxygen atoms in total. The predicted molar refractivity (Wildman–Crippen MR) is 102 cm³/mol. The Kier molecular flexibility index (Phi) is 5.11. The number of anilines is 3. The number of para-hydroxylation sites is 2. The van der Waals surface area contributed by atoms with Crippen LogP contribution in [0.15, 0.2) is 42.5 Å². The van der Waals surface area contributed by atoms with Crippen LogP contribution in [0.25, 0.3) is 0 Å².